The Labute approximate surface area is 113 Å². The number of nitrogens with one attached hydrogen (secondary N) is 1. The van der Waals surface area contributed by atoms with E-state index in [2.05, 4.69) is 36.5 Å². The second kappa shape index (κ2) is 5.65. The van der Waals surface area contributed by atoms with Gasteiger partial charge in [-0.1, -0.05) is 13.8 Å². The van der Waals surface area contributed by atoms with Gasteiger partial charge in [0.1, 0.15) is 5.01 Å². The van der Waals surface area contributed by atoms with Crippen molar-refractivity contribution in [3.05, 3.63) is 16.1 Å². The highest BCUT2D eigenvalue weighted by atomic mass is 32.1. The van der Waals surface area contributed by atoms with Crippen LogP contribution in [0.4, 0.5) is 0 Å². The Morgan fingerprint density at radius 2 is 2.39 bits per heavy atom. The quantitative estimate of drug-likeness (QED) is 0.828. The smallest absolute Gasteiger partial charge is 0.106 e. The molecule has 1 aliphatic carbocycles. The summed E-state index contributed by atoms with van der Waals surface area (Å²) in [6.45, 7) is 8.74. The predicted octanol–water partition coefficient (Wildman–Crippen LogP) is 1.90. The van der Waals surface area contributed by atoms with E-state index in [9.17, 15) is 0 Å². The lowest BCUT2D eigenvalue weighted by molar-refractivity contribution is -0.114. The lowest BCUT2D eigenvalue weighted by Crippen LogP contribution is -2.60. The van der Waals surface area contributed by atoms with E-state index in [0.717, 1.165) is 30.3 Å². The van der Waals surface area contributed by atoms with Gasteiger partial charge in [-0.3, -0.25) is 0 Å². The zero-order valence-corrected chi connectivity index (χ0v) is 12.2. The van der Waals surface area contributed by atoms with Crippen molar-refractivity contribution in [2.45, 2.75) is 52.4 Å². The lowest BCUT2D eigenvalue weighted by atomic mass is 9.64. The van der Waals surface area contributed by atoms with Crippen LogP contribution in [0.2, 0.25) is 0 Å². The van der Waals surface area contributed by atoms with Crippen LogP contribution in [0.5, 0.6) is 0 Å². The third-order valence-corrected chi connectivity index (χ3v) is 4.77. The summed E-state index contributed by atoms with van der Waals surface area (Å²) < 4.78 is 5.73. The summed E-state index contributed by atoms with van der Waals surface area (Å²) in [6, 6.07) is 0.511. The highest BCUT2D eigenvalue weighted by Gasteiger charge is 2.48. The summed E-state index contributed by atoms with van der Waals surface area (Å²) in [5, 5.41) is 6.67. The minimum Gasteiger partial charge on any atom is -0.378 e. The Hall–Kier alpha value is -0.490. The fourth-order valence-corrected chi connectivity index (χ4v) is 3.14. The minimum atomic E-state index is 0.211. The third-order valence-electron chi connectivity index (χ3n) is 3.85. The van der Waals surface area contributed by atoms with E-state index in [1.165, 1.54) is 0 Å². The van der Waals surface area contributed by atoms with Crippen molar-refractivity contribution in [3.63, 3.8) is 0 Å². The number of nitrogens with zero attached hydrogens (tertiary/aromatic N) is 1. The molecular formula is C13H23N3OS. The average Bonchev–Trinajstić information content (AvgIpc) is 2.80. The van der Waals surface area contributed by atoms with E-state index < -0.39 is 0 Å². The van der Waals surface area contributed by atoms with Crippen LogP contribution in [0.1, 0.15) is 37.9 Å². The van der Waals surface area contributed by atoms with Crippen LogP contribution in [-0.4, -0.2) is 23.7 Å². The number of ether oxygens (including phenoxy) is 1. The zero-order valence-electron chi connectivity index (χ0n) is 11.4. The number of rotatable bonds is 6. The molecule has 0 aromatic carbocycles. The van der Waals surface area contributed by atoms with Gasteiger partial charge in [0.05, 0.1) is 11.8 Å². The van der Waals surface area contributed by atoms with Gasteiger partial charge in [-0.15, -0.1) is 11.3 Å². The van der Waals surface area contributed by atoms with E-state index in [-0.39, 0.29) is 5.41 Å². The first-order valence-corrected chi connectivity index (χ1v) is 7.44. The van der Waals surface area contributed by atoms with Gasteiger partial charge in [-0.25, -0.2) is 4.98 Å². The molecule has 2 rings (SSSR count). The molecule has 1 aromatic heterocycles. The summed E-state index contributed by atoms with van der Waals surface area (Å²) >= 11 is 1.63. The molecule has 1 saturated carbocycles. The van der Waals surface area contributed by atoms with Crippen LogP contribution in [0.3, 0.4) is 0 Å². The van der Waals surface area contributed by atoms with Crippen LogP contribution in [0.25, 0.3) is 0 Å². The molecule has 4 nitrogen and oxygen atoms in total. The zero-order chi connectivity index (χ0) is 13.2. The van der Waals surface area contributed by atoms with Gasteiger partial charge in [-0.05, 0) is 13.3 Å². The molecule has 0 saturated heterocycles. The third kappa shape index (κ3) is 2.74. The van der Waals surface area contributed by atoms with Crippen molar-refractivity contribution >= 4 is 11.3 Å². The van der Waals surface area contributed by atoms with Gasteiger partial charge in [0.2, 0.25) is 0 Å². The normalized spacial score (nSPS) is 26.0. The summed E-state index contributed by atoms with van der Waals surface area (Å²) in [7, 11) is 0. The van der Waals surface area contributed by atoms with Crippen LogP contribution in [-0.2, 0) is 17.8 Å². The van der Waals surface area contributed by atoms with Crippen LogP contribution >= 0.6 is 11.3 Å². The number of aromatic nitrogens is 1. The maximum absolute atomic E-state index is 5.73. The van der Waals surface area contributed by atoms with Crippen molar-refractivity contribution in [1.82, 2.24) is 10.3 Å². The van der Waals surface area contributed by atoms with Crippen LogP contribution < -0.4 is 11.1 Å². The fourth-order valence-electron chi connectivity index (χ4n) is 2.47. The Morgan fingerprint density at radius 1 is 1.61 bits per heavy atom. The molecular weight excluding hydrogens is 246 g/mol. The number of thiazole rings is 1. The number of hydrogen-bond acceptors (Lipinski definition) is 5. The van der Waals surface area contributed by atoms with Crippen molar-refractivity contribution in [2.75, 3.05) is 6.61 Å². The topological polar surface area (TPSA) is 60.2 Å². The SMILES string of the molecule is CCOC1CC(NCc2csc(CN)n2)C1(C)C. The molecule has 3 N–H and O–H groups in total. The fraction of sp³-hybridized carbons (Fsp3) is 0.769. The summed E-state index contributed by atoms with van der Waals surface area (Å²) in [5.41, 5.74) is 6.87. The van der Waals surface area contributed by atoms with Gasteiger partial charge >= 0.3 is 0 Å². The van der Waals surface area contributed by atoms with Crippen molar-refractivity contribution in [2.24, 2.45) is 11.1 Å². The van der Waals surface area contributed by atoms with E-state index in [1.54, 1.807) is 11.3 Å². The van der Waals surface area contributed by atoms with Gasteiger partial charge < -0.3 is 15.8 Å². The molecule has 0 aliphatic heterocycles. The lowest BCUT2D eigenvalue weighted by Gasteiger charge is -2.51. The standard InChI is InChI=1S/C13H23N3OS/c1-4-17-11-5-10(13(11,2)3)15-7-9-8-18-12(6-14)16-9/h8,10-11,15H,4-7,14H2,1-3H3. The molecule has 102 valence electrons. The van der Waals surface area contributed by atoms with E-state index >= 15 is 0 Å². The van der Waals surface area contributed by atoms with Crippen LogP contribution in [0.15, 0.2) is 5.38 Å². The van der Waals surface area contributed by atoms with E-state index in [1.807, 2.05) is 0 Å². The summed E-state index contributed by atoms with van der Waals surface area (Å²) in [4.78, 5) is 4.46. The maximum Gasteiger partial charge on any atom is 0.106 e. The molecule has 2 atom stereocenters. The Balaban J connectivity index is 1.81. The molecule has 2 unspecified atom stereocenters. The van der Waals surface area contributed by atoms with Gasteiger partial charge in [0.25, 0.3) is 0 Å². The van der Waals surface area contributed by atoms with E-state index in [4.69, 9.17) is 10.5 Å². The molecule has 1 aliphatic rings. The summed E-state index contributed by atoms with van der Waals surface area (Å²) in [6.07, 6.45) is 1.48. The van der Waals surface area contributed by atoms with Crippen molar-refractivity contribution < 1.29 is 4.74 Å². The van der Waals surface area contributed by atoms with Crippen molar-refractivity contribution in [1.29, 1.82) is 0 Å². The molecule has 5 heteroatoms. The maximum atomic E-state index is 5.73. The molecule has 1 fully saturated rings. The average molecular weight is 269 g/mol. The van der Waals surface area contributed by atoms with Gasteiger partial charge in [0, 0.05) is 36.5 Å². The molecule has 0 radical (unpaired) electrons. The van der Waals surface area contributed by atoms with Crippen molar-refractivity contribution in [3.8, 4) is 0 Å². The second-order valence-corrected chi connectivity index (χ2v) is 6.31. The second-order valence-electron chi connectivity index (χ2n) is 5.37. The first-order valence-electron chi connectivity index (χ1n) is 6.56. The Kier molecular flexibility index (Phi) is 4.37. The largest absolute Gasteiger partial charge is 0.378 e. The Bertz CT molecular complexity index is 391. The molecule has 0 spiro atoms. The molecule has 1 aromatic rings. The van der Waals surface area contributed by atoms with Crippen LogP contribution in [0, 0.1) is 5.41 Å². The minimum absolute atomic E-state index is 0.211. The number of hydrogen-bond donors (Lipinski definition) is 2. The Morgan fingerprint density at radius 3 is 2.94 bits per heavy atom. The highest BCUT2D eigenvalue weighted by Crippen LogP contribution is 2.42. The monoisotopic (exact) mass is 269 g/mol. The molecule has 0 bridgehead atoms. The highest BCUT2D eigenvalue weighted by molar-refractivity contribution is 7.09. The predicted molar refractivity (Wildman–Crippen MR) is 74.4 cm³/mol. The molecule has 0 amide bonds. The summed E-state index contributed by atoms with van der Waals surface area (Å²) in [5.74, 6) is 0. The van der Waals surface area contributed by atoms with E-state index in [0.29, 0.717) is 18.7 Å². The molecule has 18 heavy (non-hydrogen) atoms. The first-order chi connectivity index (χ1) is 8.57. The first kappa shape index (κ1) is 13.9. The molecule has 1 heterocycles. The van der Waals surface area contributed by atoms with Gasteiger partial charge in [-0.2, -0.15) is 0 Å². The number of nitrogens with two attached hydrogens (primary N) is 1. The van der Waals surface area contributed by atoms with Gasteiger partial charge in [0.15, 0.2) is 0 Å².